The SMILES string of the molecule is CSCCC(N)C(=O)NCCCOC(C)c1ccccc1. The molecule has 3 N–H and O–H groups in total. The number of hydrogen-bond acceptors (Lipinski definition) is 4. The van der Waals surface area contributed by atoms with Gasteiger partial charge in [0.05, 0.1) is 12.1 Å². The van der Waals surface area contributed by atoms with Crippen LogP contribution in [0.15, 0.2) is 30.3 Å². The number of rotatable bonds is 10. The number of carbonyl (C=O) groups excluding carboxylic acids is 1. The summed E-state index contributed by atoms with van der Waals surface area (Å²) in [5, 5.41) is 2.85. The fraction of sp³-hybridized carbons (Fsp3) is 0.562. The van der Waals surface area contributed by atoms with E-state index in [-0.39, 0.29) is 12.0 Å². The lowest BCUT2D eigenvalue weighted by atomic mass is 10.1. The summed E-state index contributed by atoms with van der Waals surface area (Å²) in [7, 11) is 0. The molecular weight excluding hydrogens is 284 g/mol. The van der Waals surface area contributed by atoms with Gasteiger partial charge in [-0.1, -0.05) is 30.3 Å². The van der Waals surface area contributed by atoms with E-state index in [0.29, 0.717) is 19.6 Å². The second-order valence-corrected chi connectivity index (χ2v) is 5.94. The quantitative estimate of drug-likeness (QED) is 0.651. The zero-order chi connectivity index (χ0) is 15.5. The van der Waals surface area contributed by atoms with Gasteiger partial charge >= 0.3 is 0 Å². The predicted molar refractivity (Wildman–Crippen MR) is 89.4 cm³/mol. The van der Waals surface area contributed by atoms with Crippen LogP contribution in [0.25, 0.3) is 0 Å². The Hall–Kier alpha value is -1.04. The third-order valence-electron chi connectivity index (χ3n) is 3.23. The van der Waals surface area contributed by atoms with E-state index in [1.807, 2.05) is 31.4 Å². The first-order chi connectivity index (χ1) is 10.1. The van der Waals surface area contributed by atoms with Crippen LogP contribution in [0.5, 0.6) is 0 Å². The summed E-state index contributed by atoms with van der Waals surface area (Å²) in [4.78, 5) is 11.7. The van der Waals surface area contributed by atoms with Crippen LogP contribution in [0.1, 0.15) is 31.4 Å². The molecule has 0 bridgehead atoms. The standard InChI is InChI=1S/C16H26N2O2S/c1-13(14-7-4-3-5-8-14)20-11-6-10-18-16(19)15(17)9-12-21-2/h3-5,7-8,13,15H,6,9-12,17H2,1-2H3,(H,18,19). The molecule has 0 aliphatic heterocycles. The number of nitrogens with two attached hydrogens (primary N) is 1. The van der Waals surface area contributed by atoms with E-state index >= 15 is 0 Å². The fourth-order valence-electron chi connectivity index (χ4n) is 1.87. The van der Waals surface area contributed by atoms with Gasteiger partial charge in [0, 0.05) is 13.2 Å². The number of nitrogens with one attached hydrogen (secondary N) is 1. The lowest BCUT2D eigenvalue weighted by Gasteiger charge is -2.14. The Morgan fingerprint density at radius 1 is 1.38 bits per heavy atom. The summed E-state index contributed by atoms with van der Waals surface area (Å²) in [5.41, 5.74) is 6.95. The normalized spacial score (nSPS) is 13.7. The van der Waals surface area contributed by atoms with Crippen molar-refractivity contribution in [2.75, 3.05) is 25.2 Å². The van der Waals surface area contributed by atoms with Crippen LogP contribution in [-0.2, 0) is 9.53 Å². The minimum atomic E-state index is -0.401. The zero-order valence-corrected chi connectivity index (χ0v) is 13.7. The largest absolute Gasteiger partial charge is 0.374 e. The molecule has 118 valence electrons. The van der Waals surface area contributed by atoms with Crippen molar-refractivity contribution in [2.45, 2.75) is 31.9 Å². The highest BCUT2D eigenvalue weighted by Gasteiger charge is 2.11. The summed E-state index contributed by atoms with van der Waals surface area (Å²) in [6.07, 6.45) is 3.59. The van der Waals surface area contributed by atoms with Crippen LogP contribution < -0.4 is 11.1 Å². The van der Waals surface area contributed by atoms with Crippen molar-refractivity contribution in [2.24, 2.45) is 5.73 Å². The van der Waals surface area contributed by atoms with Gasteiger partial charge in [-0.25, -0.2) is 0 Å². The van der Waals surface area contributed by atoms with Gasteiger partial charge in [-0.3, -0.25) is 4.79 Å². The lowest BCUT2D eigenvalue weighted by Crippen LogP contribution is -2.41. The van der Waals surface area contributed by atoms with Crippen LogP contribution in [-0.4, -0.2) is 37.1 Å². The number of benzene rings is 1. The smallest absolute Gasteiger partial charge is 0.236 e. The van der Waals surface area contributed by atoms with E-state index in [0.717, 1.165) is 12.2 Å². The van der Waals surface area contributed by atoms with E-state index in [1.165, 1.54) is 5.56 Å². The van der Waals surface area contributed by atoms with E-state index in [1.54, 1.807) is 11.8 Å². The molecule has 0 heterocycles. The van der Waals surface area contributed by atoms with E-state index < -0.39 is 6.04 Å². The van der Waals surface area contributed by atoms with Crippen molar-refractivity contribution in [3.05, 3.63) is 35.9 Å². The molecule has 1 amide bonds. The third kappa shape index (κ3) is 7.50. The Balaban J connectivity index is 2.10. The lowest BCUT2D eigenvalue weighted by molar-refractivity contribution is -0.122. The molecule has 1 rings (SSSR count). The summed E-state index contributed by atoms with van der Waals surface area (Å²) in [6.45, 7) is 3.26. The van der Waals surface area contributed by atoms with Crippen molar-refractivity contribution in [3.63, 3.8) is 0 Å². The van der Waals surface area contributed by atoms with Gasteiger partial charge in [0.1, 0.15) is 0 Å². The van der Waals surface area contributed by atoms with Gasteiger partial charge in [0.2, 0.25) is 5.91 Å². The molecule has 1 aromatic carbocycles. The van der Waals surface area contributed by atoms with Crippen LogP contribution in [0.4, 0.5) is 0 Å². The maximum Gasteiger partial charge on any atom is 0.236 e. The first-order valence-electron chi connectivity index (χ1n) is 7.34. The van der Waals surface area contributed by atoms with Crippen molar-refractivity contribution in [1.82, 2.24) is 5.32 Å². The van der Waals surface area contributed by atoms with Gasteiger partial charge in [-0.2, -0.15) is 11.8 Å². The Kier molecular flexibility index (Phi) is 9.14. The van der Waals surface area contributed by atoms with Gasteiger partial charge in [0.15, 0.2) is 0 Å². The molecule has 0 fully saturated rings. The minimum absolute atomic E-state index is 0.0693. The molecule has 0 aliphatic carbocycles. The summed E-state index contributed by atoms with van der Waals surface area (Å²) < 4.78 is 5.75. The van der Waals surface area contributed by atoms with E-state index in [4.69, 9.17) is 10.5 Å². The van der Waals surface area contributed by atoms with Crippen molar-refractivity contribution < 1.29 is 9.53 Å². The molecular formula is C16H26N2O2S. The zero-order valence-electron chi connectivity index (χ0n) is 12.9. The Bertz CT molecular complexity index is 401. The molecule has 5 heteroatoms. The highest BCUT2D eigenvalue weighted by molar-refractivity contribution is 7.98. The average Bonchev–Trinajstić information content (AvgIpc) is 2.52. The van der Waals surface area contributed by atoms with Crippen molar-refractivity contribution in [1.29, 1.82) is 0 Å². The number of ether oxygens (including phenoxy) is 1. The molecule has 0 radical (unpaired) electrons. The van der Waals surface area contributed by atoms with Gasteiger partial charge in [-0.15, -0.1) is 0 Å². The summed E-state index contributed by atoms with van der Waals surface area (Å²) in [6, 6.07) is 9.71. The topological polar surface area (TPSA) is 64.4 Å². The fourth-order valence-corrected chi connectivity index (χ4v) is 2.36. The van der Waals surface area contributed by atoms with Crippen molar-refractivity contribution in [3.8, 4) is 0 Å². The number of thioether (sulfide) groups is 1. The molecule has 4 nitrogen and oxygen atoms in total. The van der Waals surface area contributed by atoms with E-state index in [9.17, 15) is 4.79 Å². The molecule has 2 atom stereocenters. The van der Waals surface area contributed by atoms with Crippen LogP contribution in [0.3, 0.4) is 0 Å². The van der Waals surface area contributed by atoms with Crippen LogP contribution >= 0.6 is 11.8 Å². The Morgan fingerprint density at radius 3 is 2.76 bits per heavy atom. The molecule has 0 aromatic heterocycles. The molecule has 0 saturated carbocycles. The highest BCUT2D eigenvalue weighted by atomic mass is 32.2. The maximum atomic E-state index is 11.7. The Labute approximate surface area is 131 Å². The second kappa shape index (κ2) is 10.7. The second-order valence-electron chi connectivity index (χ2n) is 4.96. The first-order valence-corrected chi connectivity index (χ1v) is 8.73. The molecule has 0 aliphatic rings. The monoisotopic (exact) mass is 310 g/mol. The predicted octanol–water partition coefficient (Wildman–Crippen LogP) is 2.35. The first kappa shape index (κ1) is 18.0. The number of hydrogen-bond donors (Lipinski definition) is 2. The minimum Gasteiger partial charge on any atom is -0.374 e. The van der Waals surface area contributed by atoms with Gasteiger partial charge < -0.3 is 15.8 Å². The summed E-state index contributed by atoms with van der Waals surface area (Å²) >= 11 is 1.70. The molecule has 1 aromatic rings. The Morgan fingerprint density at radius 2 is 2.10 bits per heavy atom. The third-order valence-corrected chi connectivity index (χ3v) is 3.87. The molecule has 0 spiro atoms. The van der Waals surface area contributed by atoms with Crippen LogP contribution in [0.2, 0.25) is 0 Å². The summed E-state index contributed by atoms with van der Waals surface area (Å²) in [5.74, 6) is 0.840. The van der Waals surface area contributed by atoms with Gasteiger partial charge in [0.25, 0.3) is 0 Å². The number of amides is 1. The van der Waals surface area contributed by atoms with Crippen LogP contribution in [0, 0.1) is 0 Å². The molecule has 21 heavy (non-hydrogen) atoms. The highest BCUT2D eigenvalue weighted by Crippen LogP contribution is 2.15. The maximum absolute atomic E-state index is 11.7. The van der Waals surface area contributed by atoms with Gasteiger partial charge in [-0.05, 0) is 37.3 Å². The average molecular weight is 310 g/mol. The van der Waals surface area contributed by atoms with E-state index in [2.05, 4.69) is 17.4 Å². The van der Waals surface area contributed by atoms with Crippen molar-refractivity contribution >= 4 is 17.7 Å². The molecule has 0 saturated heterocycles. The number of carbonyl (C=O) groups is 1. The molecule has 2 unspecified atom stereocenters.